The molecule has 3 aromatic rings. The fraction of sp³-hybridized carbons (Fsp3) is 0. The lowest BCUT2D eigenvalue weighted by molar-refractivity contribution is 0.473. The molecular formula is C13H6Cl2I2N2O. The summed E-state index contributed by atoms with van der Waals surface area (Å²) < 4.78 is 1.80. The molecule has 102 valence electrons. The van der Waals surface area contributed by atoms with Crippen LogP contribution >= 0.6 is 68.4 Å². The van der Waals surface area contributed by atoms with Crippen LogP contribution in [0.5, 0.6) is 5.75 Å². The summed E-state index contributed by atoms with van der Waals surface area (Å²) in [5.41, 5.74) is 2.15. The second-order valence-electron chi connectivity index (χ2n) is 4.15. The predicted molar refractivity (Wildman–Crippen MR) is 98.6 cm³/mol. The number of imidazole rings is 1. The molecule has 20 heavy (non-hydrogen) atoms. The summed E-state index contributed by atoms with van der Waals surface area (Å²) in [7, 11) is 0. The highest BCUT2D eigenvalue weighted by molar-refractivity contribution is 14.1. The molecule has 3 nitrogen and oxygen atoms in total. The van der Waals surface area contributed by atoms with Gasteiger partial charge in [-0.25, -0.2) is 4.98 Å². The monoisotopic (exact) mass is 530 g/mol. The lowest BCUT2D eigenvalue weighted by Crippen LogP contribution is -1.86. The van der Waals surface area contributed by atoms with Crippen LogP contribution in [0.4, 0.5) is 0 Å². The van der Waals surface area contributed by atoms with Crippen molar-refractivity contribution in [1.29, 1.82) is 0 Å². The maximum Gasteiger partial charge on any atom is 0.142 e. The minimum Gasteiger partial charge on any atom is -0.506 e. The van der Waals surface area contributed by atoms with Crippen LogP contribution in [0.25, 0.3) is 22.4 Å². The van der Waals surface area contributed by atoms with Crippen LogP contribution in [-0.2, 0) is 0 Å². The molecule has 0 aliphatic carbocycles. The number of phenolic OH excluding ortho intramolecular Hbond substituents is 1. The fourth-order valence-corrected chi connectivity index (χ4v) is 4.05. The number of halogens is 4. The Bertz CT molecular complexity index is 794. The van der Waals surface area contributed by atoms with Crippen molar-refractivity contribution in [3.05, 3.63) is 41.5 Å². The number of fused-ring (bicyclic) bond motifs is 1. The quantitative estimate of drug-likeness (QED) is 0.411. The van der Waals surface area contributed by atoms with Crippen molar-refractivity contribution in [2.75, 3.05) is 0 Å². The third-order valence-corrected chi connectivity index (χ3v) is 4.97. The van der Waals surface area contributed by atoms with Gasteiger partial charge in [0.05, 0.1) is 30.2 Å². The van der Waals surface area contributed by atoms with Crippen LogP contribution in [0.3, 0.4) is 0 Å². The highest BCUT2D eigenvalue weighted by Crippen LogP contribution is 2.35. The van der Waals surface area contributed by atoms with E-state index < -0.39 is 0 Å². The van der Waals surface area contributed by atoms with E-state index in [1.807, 2.05) is 12.1 Å². The molecule has 7 heteroatoms. The zero-order valence-corrected chi connectivity index (χ0v) is 15.5. The van der Waals surface area contributed by atoms with E-state index in [0.717, 1.165) is 12.7 Å². The third kappa shape index (κ3) is 2.60. The first-order valence-corrected chi connectivity index (χ1v) is 8.40. The molecule has 0 aliphatic rings. The number of H-pyrrole nitrogens is 1. The maximum atomic E-state index is 10.2. The van der Waals surface area contributed by atoms with E-state index in [4.69, 9.17) is 23.2 Å². The fourth-order valence-electron chi connectivity index (χ4n) is 1.88. The summed E-state index contributed by atoms with van der Waals surface area (Å²) in [6.45, 7) is 0. The Morgan fingerprint density at radius 3 is 2.50 bits per heavy atom. The number of nitrogens with zero attached hydrogens (tertiary/aromatic N) is 1. The van der Waals surface area contributed by atoms with Crippen LogP contribution < -0.4 is 0 Å². The molecule has 0 bridgehead atoms. The van der Waals surface area contributed by atoms with Gasteiger partial charge < -0.3 is 10.1 Å². The molecule has 0 atom stereocenters. The van der Waals surface area contributed by atoms with E-state index in [1.54, 1.807) is 12.1 Å². The largest absolute Gasteiger partial charge is 0.506 e. The second kappa shape index (κ2) is 5.51. The summed E-state index contributed by atoms with van der Waals surface area (Å²) in [5.74, 6) is 0.800. The first-order chi connectivity index (χ1) is 9.45. The summed E-state index contributed by atoms with van der Waals surface area (Å²) in [4.78, 5) is 7.62. The molecule has 0 saturated heterocycles. The zero-order valence-electron chi connectivity index (χ0n) is 9.72. The zero-order chi connectivity index (χ0) is 14.4. The smallest absolute Gasteiger partial charge is 0.142 e. The molecular weight excluding hydrogens is 525 g/mol. The van der Waals surface area contributed by atoms with Crippen molar-refractivity contribution in [3.8, 4) is 17.1 Å². The number of aromatic amines is 1. The molecule has 0 radical (unpaired) electrons. The molecule has 2 N–H and O–H groups in total. The molecule has 0 unspecified atom stereocenters. The molecule has 1 heterocycles. The van der Waals surface area contributed by atoms with Gasteiger partial charge in [0.25, 0.3) is 0 Å². The lowest BCUT2D eigenvalue weighted by Gasteiger charge is -2.04. The Morgan fingerprint density at radius 1 is 1.05 bits per heavy atom. The van der Waals surface area contributed by atoms with Gasteiger partial charge in [0.2, 0.25) is 0 Å². The minimum absolute atomic E-state index is 0.210. The van der Waals surface area contributed by atoms with Crippen LogP contribution in [0.15, 0.2) is 24.3 Å². The Labute approximate surface area is 152 Å². The maximum absolute atomic E-state index is 10.2. The SMILES string of the molecule is Oc1c(I)cc(I)cc1-c1nc2cc(Cl)c(Cl)cc2[nH]1. The van der Waals surface area contributed by atoms with Gasteiger partial charge in [-0.1, -0.05) is 23.2 Å². The molecule has 1 aromatic heterocycles. The normalized spacial score (nSPS) is 11.2. The number of aromatic nitrogens is 2. The summed E-state index contributed by atoms with van der Waals surface area (Å²) in [6, 6.07) is 7.20. The summed E-state index contributed by atoms with van der Waals surface area (Å²) >= 11 is 16.3. The molecule has 0 aliphatic heterocycles. The van der Waals surface area contributed by atoms with Gasteiger partial charge in [-0.15, -0.1) is 0 Å². The lowest BCUT2D eigenvalue weighted by atomic mass is 10.2. The van der Waals surface area contributed by atoms with Crippen molar-refractivity contribution in [1.82, 2.24) is 9.97 Å². The molecule has 0 amide bonds. The van der Waals surface area contributed by atoms with E-state index in [-0.39, 0.29) is 5.75 Å². The van der Waals surface area contributed by atoms with E-state index >= 15 is 0 Å². The number of nitrogens with one attached hydrogen (secondary N) is 1. The highest BCUT2D eigenvalue weighted by Gasteiger charge is 2.14. The van der Waals surface area contributed by atoms with Gasteiger partial charge >= 0.3 is 0 Å². The topological polar surface area (TPSA) is 48.9 Å². The number of rotatable bonds is 1. The Morgan fingerprint density at radius 2 is 1.75 bits per heavy atom. The standard InChI is InChI=1S/C13H6Cl2I2N2O/c14-7-3-10-11(4-8(7)15)19-13(18-10)6-1-5(16)2-9(17)12(6)20/h1-4,20H,(H,18,19). The summed E-state index contributed by atoms with van der Waals surface area (Å²) in [5, 5.41) is 11.1. The Balaban J connectivity index is 2.25. The summed E-state index contributed by atoms with van der Waals surface area (Å²) in [6.07, 6.45) is 0. The van der Waals surface area contributed by atoms with Gasteiger partial charge in [-0.3, -0.25) is 0 Å². The van der Waals surface area contributed by atoms with Gasteiger partial charge in [0, 0.05) is 3.57 Å². The van der Waals surface area contributed by atoms with Crippen LogP contribution in [0, 0.1) is 7.14 Å². The van der Waals surface area contributed by atoms with Gasteiger partial charge in [0.15, 0.2) is 0 Å². The van der Waals surface area contributed by atoms with Gasteiger partial charge in [0.1, 0.15) is 11.6 Å². The number of benzene rings is 2. The second-order valence-corrected chi connectivity index (χ2v) is 7.37. The van der Waals surface area contributed by atoms with E-state index in [1.165, 1.54) is 0 Å². The molecule has 2 aromatic carbocycles. The van der Waals surface area contributed by atoms with E-state index in [0.29, 0.717) is 26.9 Å². The first kappa shape index (κ1) is 14.7. The molecule has 0 fully saturated rings. The van der Waals surface area contributed by atoms with Crippen LogP contribution in [-0.4, -0.2) is 15.1 Å². The van der Waals surface area contributed by atoms with Crippen molar-refractivity contribution in [3.63, 3.8) is 0 Å². The number of phenols is 1. The molecule has 3 rings (SSSR count). The Hall–Kier alpha value is -0.250. The predicted octanol–water partition coefficient (Wildman–Crippen LogP) is 5.45. The van der Waals surface area contributed by atoms with Gasteiger partial charge in [-0.05, 0) is 69.4 Å². The van der Waals surface area contributed by atoms with Crippen molar-refractivity contribution < 1.29 is 5.11 Å². The van der Waals surface area contributed by atoms with Gasteiger partial charge in [-0.2, -0.15) is 0 Å². The Kier molecular flexibility index (Phi) is 4.04. The average Bonchev–Trinajstić information content (AvgIpc) is 2.77. The molecule has 0 saturated carbocycles. The number of aromatic hydroxyl groups is 1. The average molecular weight is 531 g/mol. The highest BCUT2D eigenvalue weighted by atomic mass is 127. The number of hydrogen-bond donors (Lipinski definition) is 2. The first-order valence-electron chi connectivity index (χ1n) is 5.49. The minimum atomic E-state index is 0.210. The van der Waals surface area contributed by atoms with Crippen LogP contribution in [0.2, 0.25) is 10.0 Å². The van der Waals surface area contributed by atoms with Crippen molar-refractivity contribution >= 4 is 79.4 Å². The molecule has 0 spiro atoms. The third-order valence-electron chi connectivity index (χ3n) is 2.81. The van der Waals surface area contributed by atoms with E-state index in [2.05, 4.69) is 55.1 Å². The van der Waals surface area contributed by atoms with Crippen molar-refractivity contribution in [2.24, 2.45) is 0 Å². The van der Waals surface area contributed by atoms with E-state index in [9.17, 15) is 5.11 Å². The number of hydrogen-bond acceptors (Lipinski definition) is 2. The van der Waals surface area contributed by atoms with Crippen LogP contribution in [0.1, 0.15) is 0 Å². The van der Waals surface area contributed by atoms with Crippen molar-refractivity contribution in [2.45, 2.75) is 0 Å².